The van der Waals surface area contributed by atoms with Gasteiger partial charge >= 0.3 is 6.09 Å². The quantitative estimate of drug-likeness (QED) is 0.556. The van der Waals surface area contributed by atoms with Crippen LogP contribution in [0, 0.1) is 11.8 Å². The lowest BCUT2D eigenvalue weighted by Crippen LogP contribution is -2.52. The molecule has 2 heterocycles. The molecule has 8 heteroatoms. The molecule has 4 amide bonds. The van der Waals surface area contributed by atoms with Gasteiger partial charge in [-0.2, -0.15) is 0 Å². The van der Waals surface area contributed by atoms with E-state index >= 15 is 0 Å². The van der Waals surface area contributed by atoms with E-state index in [0.29, 0.717) is 24.0 Å². The topological polar surface area (TPSA) is 105 Å². The van der Waals surface area contributed by atoms with Crippen molar-refractivity contribution < 1.29 is 23.9 Å². The van der Waals surface area contributed by atoms with Crippen LogP contribution in [0.1, 0.15) is 75.4 Å². The van der Waals surface area contributed by atoms with E-state index in [-0.39, 0.29) is 24.8 Å². The lowest BCUT2D eigenvalue weighted by Gasteiger charge is -2.29. The van der Waals surface area contributed by atoms with Crippen molar-refractivity contribution in [3.63, 3.8) is 0 Å². The number of alkyl carbamates (subject to hydrolysis) is 1. The van der Waals surface area contributed by atoms with Gasteiger partial charge in [0, 0.05) is 36.1 Å². The van der Waals surface area contributed by atoms with E-state index in [0.717, 1.165) is 5.56 Å². The van der Waals surface area contributed by atoms with Crippen LogP contribution in [0.15, 0.2) is 18.2 Å². The van der Waals surface area contributed by atoms with Crippen LogP contribution in [0.2, 0.25) is 0 Å². The zero-order valence-corrected chi connectivity index (χ0v) is 19.1. The zero-order chi connectivity index (χ0) is 23.7. The van der Waals surface area contributed by atoms with Gasteiger partial charge in [0.25, 0.3) is 5.91 Å². The molecule has 0 aliphatic carbocycles. The molecule has 32 heavy (non-hydrogen) atoms. The number of imide groups is 1. The van der Waals surface area contributed by atoms with Gasteiger partial charge in [-0.3, -0.25) is 19.7 Å². The molecule has 0 saturated carbocycles. The number of carbonyl (C=O) groups excluding carboxylic acids is 4. The fourth-order valence-corrected chi connectivity index (χ4v) is 3.67. The van der Waals surface area contributed by atoms with Gasteiger partial charge in [-0.25, -0.2) is 4.79 Å². The summed E-state index contributed by atoms with van der Waals surface area (Å²) < 4.78 is 5.49. The van der Waals surface area contributed by atoms with E-state index in [4.69, 9.17) is 4.74 Å². The van der Waals surface area contributed by atoms with Gasteiger partial charge < -0.3 is 15.0 Å². The molecule has 2 aliphatic rings. The van der Waals surface area contributed by atoms with E-state index in [1.807, 2.05) is 26.8 Å². The van der Waals surface area contributed by atoms with Gasteiger partial charge in [0.15, 0.2) is 0 Å². The molecule has 8 nitrogen and oxygen atoms in total. The molecule has 1 aromatic carbocycles. The number of hydrogen-bond acceptors (Lipinski definition) is 5. The first-order valence-electron chi connectivity index (χ1n) is 10.6. The molecule has 0 aromatic heterocycles. The summed E-state index contributed by atoms with van der Waals surface area (Å²) in [5.74, 6) is 5.15. The van der Waals surface area contributed by atoms with E-state index in [1.54, 1.807) is 26.0 Å². The van der Waals surface area contributed by atoms with Crippen molar-refractivity contribution in [1.29, 1.82) is 0 Å². The van der Waals surface area contributed by atoms with Crippen LogP contribution < -0.4 is 10.6 Å². The van der Waals surface area contributed by atoms with Crippen LogP contribution in [-0.2, 0) is 20.9 Å². The number of nitrogens with zero attached hydrogens (tertiary/aromatic N) is 1. The molecule has 2 N–H and O–H groups in total. The normalized spacial score (nSPS) is 18.5. The molecule has 1 atom stereocenters. The number of piperidine rings is 1. The number of hydrogen-bond donors (Lipinski definition) is 2. The SMILES string of the molecule is CC(C)(C)NC(=O)OC(C)(C)CC#Cc1cccc2c1CN(C1CCC(=O)NC1=O)C2=O. The second-order valence-electron chi connectivity index (χ2n) is 9.73. The smallest absolute Gasteiger partial charge is 0.408 e. The van der Waals surface area contributed by atoms with Gasteiger partial charge in [0.1, 0.15) is 11.6 Å². The van der Waals surface area contributed by atoms with Crippen LogP contribution in [0.25, 0.3) is 0 Å². The van der Waals surface area contributed by atoms with Crippen molar-refractivity contribution in [3.8, 4) is 11.8 Å². The molecule has 1 saturated heterocycles. The summed E-state index contributed by atoms with van der Waals surface area (Å²) in [5, 5.41) is 5.06. The number of ether oxygens (including phenoxy) is 1. The summed E-state index contributed by atoms with van der Waals surface area (Å²) in [6.07, 6.45) is 0.323. The molecule has 2 aliphatic heterocycles. The highest BCUT2D eigenvalue weighted by molar-refractivity contribution is 6.05. The van der Waals surface area contributed by atoms with Gasteiger partial charge in [0.05, 0.1) is 0 Å². The van der Waals surface area contributed by atoms with Gasteiger partial charge in [-0.15, -0.1) is 0 Å². The largest absolute Gasteiger partial charge is 0.443 e. The Morgan fingerprint density at radius 3 is 2.59 bits per heavy atom. The fourth-order valence-electron chi connectivity index (χ4n) is 3.67. The van der Waals surface area contributed by atoms with Crippen LogP contribution in [-0.4, -0.2) is 45.9 Å². The summed E-state index contributed by atoms with van der Waals surface area (Å²) in [5.41, 5.74) is 0.778. The predicted molar refractivity (Wildman–Crippen MR) is 117 cm³/mol. The molecule has 1 aromatic rings. The van der Waals surface area contributed by atoms with Crippen molar-refractivity contribution in [2.45, 2.75) is 77.6 Å². The second-order valence-corrected chi connectivity index (χ2v) is 9.73. The summed E-state index contributed by atoms with van der Waals surface area (Å²) >= 11 is 0. The monoisotopic (exact) mass is 439 g/mol. The maximum Gasteiger partial charge on any atom is 0.408 e. The number of carbonyl (C=O) groups is 4. The van der Waals surface area contributed by atoms with Crippen molar-refractivity contribution in [2.24, 2.45) is 0 Å². The second kappa shape index (κ2) is 8.65. The van der Waals surface area contributed by atoms with Crippen molar-refractivity contribution >= 4 is 23.8 Å². The highest BCUT2D eigenvalue weighted by atomic mass is 16.6. The summed E-state index contributed by atoms with van der Waals surface area (Å²) in [6.45, 7) is 9.45. The highest BCUT2D eigenvalue weighted by Gasteiger charge is 2.39. The highest BCUT2D eigenvalue weighted by Crippen LogP contribution is 2.29. The Kier molecular flexibility index (Phi) is 6.31. The average Bonchev–Trinajstić information content (AvgIpc) is 2.97. The summed E-state index contributed by atoms with van der Waals surface area (Å²) in [7, 11) is 0. The summed E-state index contributed by atoms with van der Waals surface area (Å²) in [6, 6.07) is 4.64. The van der Waals surface area contributed by atoms with Gasteiger partial charge in [0.2, 0.25) is 11.8 Å². The number of nitrogens with one attached hydrogen (secondary N) is 2. The van der Waals surface area contributed by atoms with Crippen LogP contribution in [0.4, 0.5) is 4.79 Å². The molecule has 170 valence electrons. The van der Waals surface area contributed by atoms with E-state index in [1.165, 1.54) is 4.90 Å². The van der Waals surface area contributed by atoms with Crippen LogP contribution >= 0.6 is 0 Å². The van der Waals surface area contributed by atoms with Gasteiger partial charge in [-0.05, 0) is 58.7 Å². The Hall–Kier alpha value is -3.34. The Bertz CT molecular complexity index is 1030. The Labute approximate surface area is 188 Å². The first kappa shape index (κ1) is 23.3. The zero-order valence-electron chi connectivity index (χ0n) is 19.1. The van der Waals surface area contributed by atoms with Crippen LogP contribution in [0.3, 0.4) is 0 Å². The molecular formula is C24H29N3O5. The molecule has 3 rings (SSSR count). The molecule has 0 bridgehead atoms. The first-order chi connectivity index (χ1) is 14.9. The third-order valence-electron chi connectivity index (χ3n) is 5.17. The lowest BCUT2D eigenvalue weighted by atomic mass is 10.0. The maximum atomic E-state index is 12.9. The lowest BCUT2D eigenvalue weighted by molar-refractivity contribution is -0.136. The Morgan fingerprint density at radius 2 is 1.94 bits per heavy atom. The molecule has 0 spiro atoms. The molecule has 1 fully saturated rings. The minimum absolute atomic E-state index is 0.209. The number of rotatable bonds is 3. The number of fused-ring (bicyclic) bond motifs is 1. The van der Waals surface area contributed by atoms with Gasteiger partial charge in [-0.1, -0.05) is 17.9 Å². The Morgan fingerprint density at radius 1 is 1.22 bits per heavy atom. The van der Waals surface area contributed by atoms with E-state index < -0.39 is 29.2 Å². The molecule has 1 unspecified atom stereocenters. The minimum Gasteiger partial charge on any atom is -0.443 e. The predicted octanol–water partition coefficient (Wildman–Crippen LogP) is 2.49. The maximum absolute atomic E-state index is 12.9. The minimum atomic E-state index is -0.797. The molecule has 0 radical (unpaired) electrons. The fraction of sp³-hybridized carbons (Fsp3) is 0.500. The standard InChI is InChI=1S/C24H29N3O5/c1-23(2,3)26-22(31)32-24(4,5)13-7-9-15-8-6-10-16-17(15)14-27(21(16)30)18-11-12-19(28)25-20(18)29/h6,8,10,18H,11-14H2,1-5H3,(H,26,31)(H,25,28,29). The molecular weight excluding hydrogens is 410 g/mol. The van der Waals surface area contributed by atoms with Crippen molar-refractivity contribution in [2.75, 3.05) is 0 Å². The first-order valence-corrected chi connectivity index (χ1v) is 10.6. The average molecular weight is 440 g/mol. The third-order valence-corrected chi connectivity index (χ3v) is 5.17. The van der Waals surface area contributed by atoms with Crippen molar-refractivity contribution in [1.82, 2.24) is 15.5 Å². The van der Waals surface area contributed by atoms with Crippen molar-refractivity contribution in [3.05, 3.63) is 34.9 Å². The van der Waals surface area contributed by atoms with E-state index in [9.17, 15) is 19.2 Å². The summed E-state index contributed by atoms with van der Waals surface area (Å²) in [4.78, 5) is 50.1. The van der Waals surface area contributed by atoms with E-state index in [2.05, 4.69) is 22.5 Å². The van der Waals surface area contributed by atoms with Crippen LogP contribution in [0.5, 0.6) is 0 Å². The third kappa shape index (κ3) is 5.47. The number of benzene rings is 1. The number of amides is 4. The Balaban J connectivity index is 1.71.